The van der Waals surface area contributed by atoms with Crippen molar-refractivity contribution in [1.29, 1.82) is 0 Å². The van der Waals surface area contributed by atoms with Crippen LogP contribution in [0.2, 0.25) is 10.0 Å². The molecule has 2 nitrogen and oxygen atoms in total. The van der Waals surface area contributed by atoms with E-state index in [1.807, 2.05) is 30.3 Å². The van der Waals surface area contributed by atoms with Gasteiger partial charge in [-0.25, -0.2) is 0 Å². The summed E-state index contributed by atoms with van der Waals surface area (Å²) in [5.74, 6) is 0.509. The second-order valence-electron chi connectivity index (χ2n) is 4.54. The van der Waals surface area contributed by atoms with Crippen LogP contribution >= 0.6 is 35.0 Å². The van der Waals surface area contributed by atoms with Crippen LogP contribution in [0.5, 0.6) is 0 Å². The lowest BCUT2D eigenvalue weighted by atomic mass is 10.2. The average Bonchev–Trinajstić information content (AvgIpc) is 2.49. The van der Waals surface area contributed by atoms with Gasteiger partial charge in [0, 0.05) is 15.7 Å². The van der Waals surface area contributed by atoms with E-state index in [2.05, 4.69) is 0 Å². The van der Waals surface area contributed by atoms with Gasteiger partial charge in [0.05, 0.1) is 24.3 Å². The van der Waals surface area contributed by atoms with Crippen molar-refractivity contribution in [2.75, 3.05) is 12.4 Å². The summed E-state index contributed by atoms with van der Waals surface area (Å²) in [5.41, 5.74) is 1.09. The second kappa shape index (κ2) is 8.66. The van der Waals surface area contributed by atoms with Gasteiger partial charge in [-0.3, -0.25) is 0 Å². The van der Waals surface area contributed by atoms with Gasteiger partial charge in [0.2, 0.25) is 0 Å². The van der Waals surface area contributed by atoms with Gasteiger partial charge in [0.1, 0.15) is 0 Å². The zero-order chi connectivity index (χ0) is 15.1. The Morgan fingerprint density at radius 1 is 1.10 bits per heavy atom. The highest BCUT2D eigenvalue weighted by Crippen LogP contribution is 2.30. The molecule has 0 heterocycles. The van der Waals surface area contributed by atoms with Crippen molar-refractivity contribution in [2.24, 2.45) is 0 Å². The molecule has 0 amide bonds. The van der Waals surface area contributed by atoms with Gasteiger partial charge in [-0.2, -0.15) is 0 Å². The van der Waals surface area contributed by atoms with E-state index in [4.69, 9.17) is 27.9 Å². The number of ether oxygens (including phenoxy) is 1. The van der Waals surface area contributed by atoms with Crippen LogP contribution in [0.15, 0.2) is 53.4 Å². The second-order valence-corrected chi connectivity index (χ2v) is 6.45. The monoisotopic (exact) mass is 342 g/mol. The van der Waals surface area contributed by atoms with Gasteiger partial charge in [-0.1, -0.05) is 53.5 Å². The predicted octanol–water partition coefficient (Wildman–Crippen LogP) is 4.66. The first-order valence-electron chi connectivity index (χ1n) is 6.53. The SMILES string of the molecule is OC(COCc1ccccc1)CSc1cc(Cl)ccc1Cl. The van der Waals surface area contributed by atoms with E-state index >= 15 is 0 Å². The van der Waals surface area contributed by atoms with E-state index in [1.165, 1.54) is 11.8 Å². The molecule has 112 valence electrons. The molecule has 0 spiro atoms. The molecule has 21 heavy (non-hydrogen) atoms. The Balaban J connectivity index is 1.72. The highest BCUT2D eigenvalue weighted by atomic mass is 35.5. The minimum atomic E-state index is -0.547. The van der Waals surface area contributed by atoms with E-state index in [0.29, 0.717) is 29.0 Å². The molecule has 1 atom stereocenters. The Kier molecular flexibility index (Phi) is 6.87. The normalized spacial score (nSPS) is 12.3. The van der Waals surface area contributed by atoms with E-state index in [0.717, 1.165) is 10.5 Å². The van der Waals surface area contributed by atoms with Crippen molar-refractivity contribution < 1.29 is 9.84 Å². The highest BCUT2D eigenvalue weighted by Gasteiger charge is 2.08. The average molecular weight is 343 g/mol. The molecule has 1 N–H and O–H groups in total. The summed E-state index contributed by atoms with van der Waals surface area (Å²) in [5, 5.41) is 11.2. The molecule has 2 aromatic rings. The minimum Gasteiger partial charge on any atom is -0.390 e. The summed E-state index contributed by atoms with van der Waals surface area (Å²) < 4.78 is 5.50. The Bertz CT molecular complexity index is 563. The summed E-state index contributed by atoms with van der Waals surface area (Å²) in [7, 11) is 0. The molecule has 0 fully saturated rings. The van der Waals surface area contributed by atoms with Gasteiger partial charge < -0.3 is 9.84 Å². The van der Waals surface area contributed by atoms with Crippen molar-refractivity contribution in [3.05, 3.63) is 64.1 Å². The number of hydrogen-bond acceptors (Lipinski definition) is 3. The maximum Gasteiger partial charge on any atom is 0.0867 e. The molecule has 0 aliphatic carbocycles. The molecule has 0 saturated carbocycles. The largest absolute Gasteiger partial charge is 0.390 e. The third-order valence-corrected chi connectivity index (χ3v) is 4.62. The third-order valence-electron chi connectivity index (χ3n) is 2.75. The quantitative estimate of drug-likeness (QED) is 0.741. The van der Waals surface area contributed by atoms with Gasteiger partial charge in [0.25, 0.3) is 0 Å². The zero-order valence-electron chi connectivity index (χ0n) is 11.3. The van der Waals surface area contributed by atoms with Crippen LogP contribution < -0.4 is 0 Å². The molecule has 2 rings (SSSR count). The van der Waals surface area contributed by atoms with Crippen molar-refractivity contribution in [2.45, 2.75) is 17.6 Å². The van der Waals surface area contributed by atoms with Crippen LogP contribution in [0.25, 0.3) is 0 Å². The Labute approximate surface area is 139 Å². The van der Waals surface area contributed by atoms with Crippen molar-refractivity contribution >= 4 is 35.0 Å². The highest BCUT2D eigenvalue weighted by molar-refractivity contribution is 7.99. The van der Waals surface area contributed by atoms with Crippen LogP contribution in [-0.4, -0.2) is 23.6 Å². The lowest BCUT2D eigenvalue weighted by molar-refractivity contribution is 0.0398. The number of thioether (sulfide) groups is 1. The standard InChI is InChI=1S/C16H16Cl2O2S/c17-13-6-7-15(18)16(8-13)21-11-14(19)10-20-9-12-4-2-1-3-5-12/h1-8,14,19H,9-11H2. The summed E-state index contributed by atoms with van der Waals surface area (Å²) in [6.07, 6.45) is -0.547. The first-order valence-corrected chi connectivity index (χ1v) is 8.27. The van der Waals surface area contributed by atoms with Gasteiger partial charge >= 0.3 is 0 Å². The van der Waals surface area contributed by atoms with Gasteiger partial charge in [0.15, 0.2) is 0 Å². The molecule has 0 radical (unpaired) electrons. The van der Waals surface area contributed by atoms with Crippen LogP contribution in [0.4, 0.5) is 0 Å². The molecule has 5 heteroatoms. The molecule has 1 unspecified atom stereocenters. The molecule has 0 saturated heterocycles. The van der Waals surface area contributed by atoms with E-state index in [1.54, 1.807) is 18.2 Å². The Morgan fingerprint density at radius 3 is 2.62 bits per heavy atom. The van der Waals surface area contributed by atoms with Gasteiger partial charge in [-0.15, -0.1) is 11.8 Å². The van der Waals surface area contributed by atoms with Crippen molar-refractivity contribution in [3.63, 3.8) is 0 Å². The molecule has 0 aliphatic heterocycles. The van der Waals surface area contributed by atoms with E-state index in [9.17, 15) is 5.11 Å². The topological polar surface area (TPSA) is 29.5 Å². The summed E-state index contributed by atoms with van der Waals surface area (Å²) >= 11 is 13.5. The fraction of sp³-hybridized carbons (Fsp3) is 0.250. The van der Waals surface area contributed by atoms with Crippen LogP contribution in [0.1, 0.15) is 5.56 Å². The smallest absolute Gasteiger partial charge is 0.0867 e. The summed E-state index contributed by atoms with van der Waals surface area (Å²) in [6.45, 7) is 0.792. The number of aliphatic hydroxyl groups excluding tert-OH is 1. The lowest BCUT2D eigenvalue weighted by Crippen LogP contribution is -2.17. The minimum absolute atomic E-state index is 0.292. The molecule has 2 aromatic carbocycles. The van der Waals surface area contributed by atoms with Gasteiger partial charge in [-0.05, 0) is 23.8 Å². The lowest BCUT2D eigenvalue weighted by Gasteiger charge is -2.12. The van der Waals surface area contributed by atoms with E-state index < -0.39 is 6.10 Å². The Hall–Kier alpha value is -0.710. The number of benzene rings is 2. The molecule has 0 aliphatic rings. The zero-order valence-corrected chi connectivity index (χ0v) is 13.7. The molecular formula is C16H16Cl2O2S. The summed E-state index contributed by atoms with van der Waals surface area (Å²) in [6, 6.07) is 15.2. The molecular weight excluding hydrogens is 327 g/mol. The predicted molar refractivity (Wildman–Crippen MR) is 89.3 cm³/mol. The molecule has 0 bridgehead atoms. The van der Waals surface area contributed by atoms with E-state index in [-0.39, 0.29) is 0 Å². The number of rotatable bonds is 7. The van der Waals surface area contributed by atoms with Crippen LogP contribution in [0, 0.1) is 0 Å². The van der Waals surface area contributed by atoms with Crippen molar-refractivity contribution in [3.8, 4) is 0 Å². The van der Waals surface area contributed by atoms with Crippen LogP contribution in [-0.2, 0) is 11.3 Å². The maximum atomic E-state index is 9.93. The molecule has 0 aromatic heterocycles. The number of aliphatic hydroxyl groups is 1. The summed E-state index contributed by atoms with van der Waals surface area (Å²) in [4.78, 5) is 0.867. The number of hydrogen-bond donors (Lipinski definition) is 1. The first-order chi connectivity index (χ1) is 10.1. The fourth-order valence-electron chi connectivity index (χ4n) is 1.71. The maximum absolute atomic E-state index is 9.93. The van der Waals surface area contributed by atoms with Crippen molar-refractivity contribution in [1.82, 2.24) is 0 Å². The Morgan fingerprint density at radius 2 is 1.86 bits per heavy atom. The fourth-order valence-corrected chi connectivity index (χ4v) is 3.11. The van der Waals surface area contributed by atoms with Crippen LogP contribution in [0.3, 0.4) is 0 Å². The number of halogens is 2. The third kappa shape index (κ3) is 5.89. The first kappa shape index (κ1) is 16.7.